The van der Waals surface area contributed by atoms with Crippen LogP contribution in [0.15, 0.2) is 53.7 Å². The van der Waals surface area contributed by atoms with Gasteiger partial charge in [0.1, 0.15) is 0 Å². The van der Waals surface area contributed by atoms with Gasteiger partial charge < -0.3 is 5.32 Å². The minimum absolute atomic E-state index is 0.0966. The van der Waals surface area contributed by atoms with Crippen LogP contribution in [-0.4, -0.2) is 10.5 Å². The van der Waals surface area contributed by atoms with Crippen LogP contribution in [-0.2, 0) is 6.54 Å². The number of nitrogens with zero attached hydrogens (tertiary/aromatic N) is 1. The van der Waals surface area contributed by atoms with Gasteiger partial charge in [0.25, 0.3) is 0 Å². The first-order valence-corrected chi connectivity index (χ1v) is 7.24. The standard InChI is InChI=1S/C15H15F3N2S/c1-11(13-6-8-19-9-7-13)20-10-12-2-4-14(5-3-12)21-15(16,17)18/h2-9,11,20H,10H2,1H3/t11-/m0/s1. The van der Waals surface area contributed by atoms with Crippen molar-refractivity contribution in [3.05, 3.63) is 59.9 Å². The van der Waals surface area contributed by atoms with E-state index >= 15 is 0 Å². The lowest BCUT2D eigenvalue weighted by Gasteiger charge is -2.14. The van der Waals surface area contributed by atoms with Gasteiger partial charge in [-0.25, -0.2) is 0 Å². The summed E-state index contributed by atoms with van der Waals surface area (Å²) in [5.74, 6) is 0. The molecule has 0 amide bonds. The van der Waals surface area contributed by atoms with E-state index in [1.165, 1.54) is 12.1 Å². The molecule has 1 heterocycles. The summed E-state index contributed by atoms with van der Waals surface area (Å²) in [6, 6.07) is 10.4. The van der Waals surface area contributed by atoms with Crippen molar-refractivity contribution >= 4 is 11.8 Å². The highest BCUT2D eigenvalue weighted by Crippen LogP contribution is 2.36. The topological polar surface area (TPSA) is 24.9 Å². The second-order valence-corrected chi connectivity index (χ2v) is 5.71. The van der Waals surface area contributed by atoms with Crippen LogP contribution in [0.1, 0.15) is 24.1 Å². The summed E-state index contributed by atoms with van der Waals surface area (Å²) < 4.78 is 36.7. The molecule has 0 spiro atoms. The number of nitrogens with one attached hydrogen (secondary N) is 1. The number of aromatic nitrogens is 1. The minimum Gasteiger partial charge on any atom is -0.306 e. The van der Waals surface area contributed by atoms with E-state index < -0.39 is 5.51 Å². The molecule has 0 unspecified atom stereocenters. The molecule has 2 aromatic rings. The molecule has 0 saturated heterocycles. The molecule has 2 rings (SSSR count). The van der Waals surface area contributed by atoms with Gasteiger partial charge in [-0.3, -0.25) is 4.98 Å². The number of hydrogen-bond acceptors (Lipinski definition) is 3. The Morgan fingerprint density at radius 1 is 1.10 bits per heavy atom. The van der Waals surface area contributed by atoms with Gasteiger partial charge in [-0.2, -0.15) is 13.2 Å². The molecule has 112 valence electrons. The van der Waals surface area contributed by atoms with E-state index in [-0.39, 0.29) is 22.7 Å². The second-order valence-electron chi connectivity index (χ2n) is 4.57. The molecule has 0 bridgehead atoms. The molecule has 0 fully saturated rings. The molecule has 0 radical (unpaired) electrons. The van der Waals surface area contributed by atoms with Gasteiger partial charge in [0.2, 0.25) is 0 Å². The van der Waals surface area contributed by atoms with Crippen molar-refractivity contribution in [1.82, 2.24) is 10.3 Å². The fourth-order valence-corrected chi connectivity index (χ4v) is 2.39. The van der Waals surface area contributed by atoms with Crippen molar-refractivity contribution < 1.29 is 13.2 Å². The zero-order chi connectivity index (χ0) is 15.3. The molecule has 6 heteroatoms. The van der Waals surface area contributed by atoms with Crippen LogP contribution in [0.5, 0.6) is 0 Å². The monoisotopic (exact) mass is 312 g/mol. The van der Waals surface area contributed by atoms with Crippen LogP contribution in [0.25, 0.3) is 0 Å². The maximum absolute atomic E-state index is 12.2. The maximum atomic E-state index is 12.2. The van der Waals surface area contributed by atoms with E-state index in [1.807, 2.05) is 19.1 Å². The smallest absolute Gasteiger partial charge is 0.306 e. The highest BCUT2D eigenvalue weighted by molar-refractivity contribution is 8.00. The molecular formula is C15H15F3N2S. The van der Waals surface area contributed by atoms with E-state index in [1.54, 1.807) is 24.5 Å². The lowest BCUT2D eigenvalue weighted by molar-refractivity contribution is -0.0328. The first-order chi connectivity index (χ1) is 9.94. The average molecular weight is 312 g/mol. The second kappa shape index (κ2) is 6.95. The molecule has 0 saturated carbocycles. The molecule has 1 N–H and O–H groups in total. The molecule has 0 aliphatic rings. The molecule has 2 nitrogen and oxygen atoms in total. The van der Waals surface area contributed by atoms with E-state index in [4.69, 9.17) is 0 Å². The van der Waals surface area contributed by atoms with Crippen molar-refractivity contribution in [2.24, 2.45) is 0 Å². The summed E-state index contributed by atoms with van der Waals surface area (Å²) in [5.41, 5.74) is -2.17. The van der Waals surface area contributed by atoms with Gasteiger partial charge in [0, 0.05) is 29.9 Å². The van der Waals surface area contributed by atoms with Crippen molar-refractivity contribution in [3.8, 4) is 0 Å². The summed E-state index contributed by atoms with van der Waals surface area (Å²) in [5, 5.41) is 3.33. The van der Waals surface area contributed by atoms with Crippen LogP contribution >= 0.6 is 11.8 Å². The van der Waals surface area contributed by atoms with Gasteiger partial charge >= 0.3 is 5.51 Å². The van der Waals surface area contributed by atoms with Crippen molar-refractivity contribution in [2.45, 2.75) is 29.9 Å². The predicted octanol–water partition coefficient (Wildman–Crippen LogP) is 4.54. The van der Waals surface area contributed by atoms with Crippen molar-refractivity contribution in [2.75, 3.05) is 0 Å². The normalized spacial score (nSPS) is 13.1. The quantitative estimate of drug-likeness (QED) is 0.820. The van der Waals surface area contributed by atoms with Gasteiger partial charge in [-0.1, -0.05) is 12.1 Å². The van der Waals surface area contributed by atoms with Crippen LogP contribution in [0.3, 0.4) is 0 Å². The zero-order valence-corrected chi connectivity index (χ0v) is 12.2. The number of alkyl halides is 3. The van der Waals surface area contributed by atoms with Gasteiger partial charge in [0.15, 0.2) is 0 Å². The Hall–Kier alpha value is -1.53. The number of benzene rings is 1. The first kappa shape index (κ1) is 15.9. The fraction of sp³-hybridized carbons (Fsp3) is 0.267. The number of rotatable bonds is 5. The third-order valence-electron chi connectivity index (χ3n) is 2.98. The number of hydrogen-bond donors (Lipinski definition) is 1. The maximum Gasteiger partial charge on any atom is 0.446 e. The van der Waals surface area contributed by atoms with Crippen LogP contribution in [0.4, 0.5) is 13.2 Å². The predicted molar refractivity (Wildman–Crippen MR) is 77.8 cm³/mol. The third kappa shape index (κ3) is 5.40. The molecule has 1 aromatic carbocycles. The zero-order valence-electron chi connectivity index (χ0n) is 11.4. The first-order valence-electron chi connectivity index (χ1n) is 6.42. The van der Waals surface area contributed by atoms with Crippen LogP contribution < -0.4 is 5.32 Å². The SMILES string of the molecule is C[C@H](NCc1ccc(SC(F)(F)F)cc1)c1ccncc1. The minimum atomic E-state index is -4.24. The molecule has 1 aromatic heterocycles. The number of halogens is 3. The molecule has 0 aliphatic carbocycles. The van der Waals surface area contributed by atoms with Gasteiger partial charge in [0.05, 0.1) is 0 Å². The number of thioether (sulfide) groups is 1. The highest BCUT2D eigenvalue weighted by atomic mass is 32.2. The van der Waals surface area contributed by atoms with Gasteiger partial charge in [-0.15, -0.1) is 0 Å². The molecule has 1 atom stereocenters. The number of pyridine rings is 1. The molecular weight excluding hydrogens is 297 g/mol. The van der Waals surface area contributed by atoms with Crippen LogP contribution in [0, 0.1) is 0 Å². The molecule has 21 heavy (non-hydrogen) atoms. The summed E-state index contributed by atoms with van der Waals surface area (Å²) in [4.78, 5) is 4.17. The van der Waals surface area contributed by atoms with Crippen LogP contribution in [0.2, 0.25) is 0 Å². The Labute approximate surface area is 125 Å². The summed E-state index contributed by atoms with van der Waals surface area (Å²) >= 11 is -0.0966. The summed E-state index contributed by atoms with van der Waals surface area (Å²) in [7, 11) is 0. The van der Waals surface area contributed by atoms with E-state index in [0.717, 1.165) is 11.1 Å². The van der Waals surface area contributed by atoms with E-state index in [0.29, 0.717) is 6.54 Å². The largest absolute Gasteiger partial charge is 0.446 e. The highest BCUT2D eigenvalue weighted by Gasteiger charge is 2.28. The lowest BCUT2D eigenvalue weighted by Crippen LogP contribution is -2.18. The van der Waals surface area contributed by atoms with Gasteiger partial charge in [-0.05, 0) is 54.1 Å². The fourth-order valence-electron chi connectivity index (χ4n) is 1.85. The van der Waals surface area contributed by atoms with E-state index in [2.05, 4.69) is 10.3 Å². The Morgan fingerprint density at radius 2 is 1.71 bits per heavy atom. The van der Waals surface area contributed by atoms with Crippen molar-refractivity contribution in [3.63, 3.8) is 0 Å². The Bertz CT molecular complexity index is 555. The Kier molecular flexibility index (Phi) is 5.25. The third-order valence-corrected chi connectivity index (χ3v) is 3.71. The Balaban J connectivity index is 1.89. The van der Waals surface area contributed by atoms with Crippen molar-refractivity contribution in [1.29, 1.82) is 0 Å². The summed E-state index contributed by atoms with van der Waals surface area (Å²) in [6.07, 6.45) is 3.47. The summed E-state index contributed by atoms with van der Waals surface area (Å²) in [6.45, 7) is 2.63. The lowest BCUT2D eigenvalue weighted by atomic mass is 10.1. The Morgan fingerprint density at radius 3 is 2.29 bits per heavy atom. The van der Waals surface area contributed by atoms with E-state index in [9.17, 15) is 13.2 Å². The molecule has 0 aliphatic heterocycles. The average Bonchev–Trinajstić information content (AvgIpc) is 2.45.